The van der Waals surface area contributed by atoms with E-state index in [1.54, 1.807) is 5.57 Å². The topological polar surface area (TPSA) is 0 Å². The summed E-state index contributed by atoms with van der Waals surface area (Å²) in [7, 11) is 0. The van der Waals surface area contributed by atoms with Crippen LogP contribution in [0.4, 0.5) is 0 Å². The molecule has 0 heteroatoms. The van der Waals surface area contributed by atoms with Gasteiger partial charge in [-0.2, -0.15) is 0 Å². The van der Waals surface area contributed by atoms with Crippen molar-refractivity contribution in [1.82, 2.24) is 0 Å². The Morgan fingerprint density at radius 1 is 1.20 bits per heavy atom. The Bertz CT molecular complexity index is 147. The minimum absolute atomic E-state index is 0.971. The maximum atomic E-state index is 2.48. The van der Waals surface area contributed by atoms with Crippen LogP contribution in [0.5, 0.6) is 0 Å². The lowest BCUT2D eigenvalue weighted by atomic mass is 9.82. The van der Waals surface area contributed by atoms with Crippen molar-refractivity contribution in [3.63, 3.8) is 0 Å². The van der Waals surface area contributed by atoms with Gasteiger partial charge in [-0.25, -0.2) is 0 Å². The molecule has 2 bridgehead atoms. The molecule has 56 valence electrons. The van der Waals surface area contributed by atoms with E-state index in [1.807, 2.05) is 0 Å². The van der Waals surface area contributed by atoms with E-state index >= 15 is 0 Å². The molecule has 3 aliphatic carbocycles. The average Bonchev–Trinajstić information content (AvgIpc) is 2.24. The summed E-state index contributed by atoms with van der Waals surface area (Å²) in [5, 5.41) is 0. The maximum absolute atomic E-state index is 2.48. The molecule has 10 heavy (non-hydrogen) atoms. The second kappa shape index (κ2) is 2.41. The molecule has 0 spiro atoms. The van der Waals surface area contributed by atoms with Crippen LogP contribution in [0.1, 0.15) is 39.0 Å². The van der Waals surface area contributed by atoms with Crippen LogP contribution in [0.3, 0.4) is 0 Å². The summed E-state index contributed by atoms with van der Waals surface area (Å²) in [6.07, 6.45) is 9.81. The molecule has 0 unspecified atom stereocenters. The molecule has 0 heterocycles. The van der Waals surface area contributed by atoms with E-state index in [0.29, 0.717) is 0 Å². The smallest absolute Gasteiger partial charge is 0.0206 e. The average molecular weight is 136 g/mol. The number of hydrogen-bond acceptors (Lipinski definition) is 0. The first kappa shape index (κ1) is 6.45. The Morgan fingerprint density at radius 3 is 2.60 bits per heavy atom. The molecular weight excluding hydrogens is 120 g/mol. The van der Waals surface area contributed by atoms with E-state index in [1.165, 1.54) is 32.1 Å². The zero-order valence-corrected chi connectivity index (χ0v) is 6.77. The van der Waals surface area contributed by atoms with Crippen molar-refractivity contribution in [2.75, 3.05) is 0 Å². The van der Waals surface area contributed by atoms with E-state index in [9.17, 15) is 0 Å². The lowest BCUT2D eigenvalue weighted by molar-refractivity contribution is 0.320. The highest BCUT2D eigenvalue weighted by atomic mass is 14.3. The van der Waals surface area contributed by atoms with Gasteiger partial charge in [-0.15, -0.1) is 0 Å². The molecular formula is C10H16. The molecule has 0 N–H and O–H groups in total. The molecule has 0 aliphatic heterocycles. The lowest BCUT2D eigenvalue weighted by Crippen LogP contribution is -2.10. The van der Waals surface area contributed by atoms with Gasteiger partial charge >= 0.3 is 0 Å². The first-order valence-corrected chi connectivity index (χ1v) is 4.53. The number of fused-ring (bicyclic) bond motifs is 3. The van der Waals surface area contributed by atoms with Gasteiger partial charge in [0.05, 0.1) is 0 Å². The fourth-order valence-electron chi connectivity index (χ4n) is 2.37. The molecule has 0 nitrogen and oxygen atoms in total. The van der Waals surface area contributed by atoms with E-state index in [-0.39, 0.29) is 0 Å². The molecule has 0 aromatic carbocycles. The molecule has 0 saturated heterocycles. The summed E-state index contributed by atoms with van der Waals surface area (Å²) in [5.74, 6) is 2.02. The third-order valence-corrected chi connectivity index (χ3v) is 3.26. The normalized spacial score (nSPS) is 39.1. The summed E-state index contributed by atoms with van der Waals surface area (Å²) in [4.78, 5) is 0. The second-order valence-electron chi connectivity index (χ2n) is 3.90. The lowest BCUT2D eigenvalue weighted by Gasteiger charge is -2.23. The summed E-state index contributed by atoms with van der Waals surface area (Å²) < 4.78 is 0. The largest absolute Gasteiger partial charge is 0.0851 e. The van der Waals surface area contributed by atoms with Crippen molar-refractivity contribution in [3.8, 4) is 0 Å². The fourth-order valence-corrected chi connectivity index (χ4v) is 2.37. The van der Waals surface area contributed by atoms with E-state index in [4.69, 9.17) is 0 Å². The molecule has 0 atom stereocenters. The first-order valence-electron chi connectivity index (χ1n) is 4.53. The molecule has 0 aromatic heterocycles. The molecule has 0 radical (unpaired) electrons. The van der Waals surface area contributed by atoms with E-state index in [2.05, 4.69) is 13.0 Å². The van der Waals surface area contributed by atoms with Crippen molar-refractivity contribution in [2.24, 2.45) is 11.8 Å². The Morgan fingerprint density at radius 2 is 1.90 bits per heavy atom. The Kier molecular flexibility index (Phi) is 1.55. The Balaban J connectivity index is 2.18. The van der Waals surface area contributed by atoms with Crippen LogP contribution in [0.25, 0.3) is 0 Å². The highest BCUT2D eigenvalue weighted by molar-refractivity contribution is 5.08. The second-order valence-corrected chi connectivity index (χ2v) is 3.90. The van der Waals surface area contributed by atoms with Crippen molar-refractivity contribution < 1.29 is 0 Å². The van der Waals surface area contributed by atoms with Crippen LogP contribution in [-0.4, -0.2) is 0 Å². The van der Waals surface area contributed by atoms with Crippen LogP contribution < -0.4 is 0 Å². The number of allylic oxidation sites excluding steroid dienone is 2. The monoisotopic (exact) mass is 136 g/mol. The van der Waals surface area contributed by atoms with Gasteiger partial charge in [0.25, 0.3) is 0 Å². The van der Waals surface area contributed by atoms with Gasteiger partial charge in [0.1, 0.15) is 0 Å². The van der Waals surface area contributed by atoms with Gasteiger partial charge in [0.2, 0.25) is 0 Å². The van der Waals surface area contributed by atoms with Crippen LogP contribution in [0.2, 0.25) is 0 Å². The van der Waals surface area contributed by atoms with Crippen molar-refractivity contribution in [2.45, 2.75) is 39.0 Å². The van der Waals surface area contributed by atoms with E-state index < -0.39 is 0 Å². The third-order valence-electron chi connectivity index (χ3n) is 3.26. The minimum Gasteiger partial charge on any atom is -0.0851 e. The highest BCUT2D eigenvalue weighted by Crippen LogP contribution is 2.38. The Hall–Kier alpha value is -0.260. The molecule has 0 amide bonds. The van der Waals surface area contributed by atoms with Crippen molar-refractivity contribution >= 4 is 0 Å². The quantitative estimate of drug-likeness (QED) is 0.449. The number of rotatable bonds is 0. The summed E-state index contributed by atoms with van der Waals surface area (Å²) in [6.45, 7) is 2.32. The van der Waals surface area contributed by atoms with Gasteiger partial charge in [-0.3, -0.25) is 0 Å². The first-order chi connectivity index (χ1) is 4.86. The van der Waals surface area contributed by atoms with Crippen LogP contribution in [0.15, 0.2) is 11.6 Å². The van der Waals surface area contributed by atoms with Crippen molar-refractivity contribution in [1.29, 1.82) is 0 Å². The SMILES string of the molecule is CC1=CCC2CCC1CC2. The maximum Gasteiger partial charge on any atom is -0.0206 e. The molecule has 1 saturated carbocycles. The molecule has 1 fully saturated rings. The van der Waals surface area contributed by atoms with Gasteiger partial charge in [0, 0.05) is 0 Å². The predicted octanol–water partition coefficient (Wildman–Crippen LogP) is 3.14. The van der Waals surface area contributed by atoms with Crippen molar-refractivity contribution in [3.05, 3.63) is 11.6 Å². The zero-order valence-electron chi connectivity index (χ0n) is 6.77. The standard InChI is InChI=1S/C10H16/c1-8-2-3-9-4-6-10(8)7-5-9/h2,9-10H,3-7H2,1H3. The minimum atomic E-state index is 0.971. The van der Waals surface area contributed by atoms with Crippen LogP contribution in [0, 0.1) is 11.8 Å². The summed E-state index contributed by atoms with van der Waals surface area (Å²) in [6, 6.07) is 0. The van der Waals surface area contributed by atoms with E-state index in [0.717, 1.165) is 11.8 Å². The number of hydrogen-bond donors (Lipinski definition) is 0. The fraction of sp³-hybridized carbons (Fsp3) is 0.800. The van der Waals surface area contributed by atoms with Crippen LogP contribution >= 0.6 is 0 Å². The van der Waals surface area contributed by atoms with Crippen LogP contribution in [-0.2, 0) is 0 Å². The van der Waals surface area contributed by atoms with Gasteiger partial charge in [0.15, 0.2) is 0 Å². The van der Waals surface area contributed by atoms with Gasteiger partial charge < -0.3 is 0 Å². The third kappa shape index (κ3) is 1.00. The molecule has 3 rings (SSSR count). The molecule has 0 aromatic rings. The highest BCUT2D eigenvalue weighted by Gasteiger charge is 2.24. The predicted molar refractivity (Wildman–Crippen MR) is 43.8 cm³/mol. The summed E-state index contributed by atoms with van der Waals surface area (Å²) in [5.41, 5.74) is 1.68. The Labute approximate surface area is 63.3 Å². The van der Waals surface area contributed by atoms with Gasteiger partial charge in [-0.05, 0) is 50.9 Å². The summed E-state index contributed by atoms with van der Waals surface area (Å²) >= 11 is 0. The zero-order chi connectivity index (χ0) is 6.97. The molecule has 3 aliphatic rings. The van der Waals surface area contributed by atoms with Gasteiger partial charge in [-0.1, -0.05) is 11.6 Å².